The number of ether oxygens (including phenoxy) is 1. The highest BCUT2D eigenvalue weighted by atomic mass is 16.6. The van der Waals surface area contributed by atoms with Crippen molar-refractivity contribution in [1.29, 1.82) is 0 Å². The van der Waals surface area contributed by atoms with E-state index < -0.39 is 6.09 Å². The van der Waals surface area contributed by atoms with E-state index in [0.29, 0.717) is 18.2 Å². The maximum Gasteiger partial charge on any atom is 0.411 e. The molecule has 3 N–H and O–H groups in total. The molecule has 3 amide bonds. The van der Waals surface area contributed by atoms with Gasteiger partial charge in [-0.25, -0.2) is 9.59 Å². The molecule has 0 aromatic heterocycles. The van der Waals surface area contributed by atoms with Gasteiger partial charge in [0.2, 0.25) is 0 Å². The maximum atomic E-state index is 12.7. The molecule has 2 unspecified atom stereocenters. The molecule has 7 nitrogen and oxygen atoms in total. The number of allylic oxidation sites excluding steroid dienone is 13. The van der Waals surface area contributed by atoms with Crippen LogP contribution in [0.5, 0.6) is 0 Å². The summed E-state index contributed by atoms with van der Waals surface area (Å²) in [5.41, 5.74) is 2.68. The van der Waals surface area contributed by atoms with Crippen LogP contribution in [0.4, 0.5) is 9.59 Å². The normalized spacial score (nSPS) is 20.0. The molecule has 1 heterocycles. The van der Waals surface area contributed by atoms with Gasteiger partial charge in [0.05, 0.1) is 0 Å². The molecule has 1 fully saturated rings. The van der Waals surface area contributed by atoms with Crippen LogP contribution in [-0.2, 0) is 4.74 Å². The lowest BCUT2D eigenvalue weighted by Crippen LogP contribution is -2.50. The fourth-order valence-corrected chi connectivity index (χ4v) is 4.85. The molecule has 7 heteroatoms. The number of likely N-dealkylation sites (tertiary alicyclic amines) is 1. The van der Waals surface area contributed by atoms with Crippen molar-refractivity contribution in [1.82, 2.24) is 20.9 Å². The minimum Gasteiger partial charge on any atom is -0.445 e. The number of amides is 3. The standard InChI is InChI=1S/C35H54N4O3/c1-8-14-17-19-29(11-4)26-30-22-25-39(24-18-23-36-34(40)37-31(12-5)20-15-9-2)33(27-30)28(7)42-35(41)38-32(13-6)21-16-10-3/h8,10-17,19-21,28,30,33H,6,9,18,22-27H2,1-5,7H3,(H,38,41)(H2,36,37,40)/b14-8-,16-10-,19-17-,20-15-,29-11+,31-12+,32-21+/t28?,30-,33?/m1/s1. The molecule has 0 spiro atoms. The Balaban J connectivity index is 2.87. The summed E-state index contributed by atoms with van der Waals surface area (Å²) < 4.78 is 5.89. The molecular weight excluding hydrogens is 524 g/mol. The van der Waals surface area contributed by atoms with Crippen molar-refractivity contribution in [3.05, 3.63) is 96.5 Å². The van der Waals surface area contributed by atoms with Crippen LogP contribution in [0.15, 0.2) is 96.5 Å². The molecule has 3 atom stereocenters. The minimum atomic E-state index is -0.487. The van der Waals surface area contributed by atoms with Crippen molar-refractivity contribution in [2.45, 2.75) is 85.8 Å². The van der Waals surface area contributed by atoms with Crippen molar-refractivity contribution in [2.24, 2.45) is 5.92 Å². The second kappa shape index (κ2) is 22.1. The summed E-state index contributed by atoms with van der Waals surface area (Å²) >= 11 is 0. The Labute approximate surface area is 254 Å². The highest BCUT2D eigenvalue weighted by molar-refractivity contribution is 5.76. The summed E-state index contributed by atoms with van der Waals surface area (Å²) in [4.78, 5) is 27.5. The topological polar surface area (TPSA) is 82.7 Å². The number of hydrogen-bond donors (Lipinski definition) is 3. The van der Waals surface area contributed by atoms with Gasteiger partial charge in [0.15, 0.2) is 0 Å². The predicted molar refractivity (Wildman–Crippen MR) is 177 cm³/mol. The lowest BCUT2D eigenvalue weighted by molar-refractivity contribution is 0.00537. The van der Waals surface area contributed by atoms with E-state index in [1.807, 2.05) is 70.2 Å². The molecule has 1 rings (SSSR count). The van der Waals surface area contributed by atoms with Crippen molar-refractivity contribution >= 4 is 12.1 Å². The summed E-state index contributed by atoms with van der Waals surface area (Å²) in [6.07, 6.45) is 27.3. The lowest BCUT2D eigenvalue weighted by atomic mass is 9.84. The molecule has 42 heavy (non-hydrogen) atoms. The van der Waals surface area contributed by atoms with Gasteiger partial charge in [-0.2, -0.15) is 0 Å². The van der Waals surface area contributed by atoms with E-state index in [1.165, 1.54) is 5.57 Å². The van der Waals surface area contributed by atoms with E-state index in [1.54, 1.807) is 12.2 Å². The van der Waals surface area contributed by atoms with Gasteiger partial charge in [-0.15, -0.1) is 0 Å². The SMILES string of the molecule is C=C/C(=C\C=C/C)NC(=O)OC(C)C1C[C@@H](CC(/C=C\C=C/C)=C/C)CCN1CCCNC(=O)NC(/C=C\CC)=C/C. The van der Waals surface area contributed by atoms with Gasteiger partial charge >= 0.3 is 12.1 Å². The Bertz CT molecular complexity index is 1050. The van der Waals surface area contributed by atoms with Crippen LogP contribution < -0.4 is 16.0 Å². The second-order valence-corrected chi connectivity index (χ2v) is 10.3. The Hall–Kier alpha value is -3.58. The van der Waals surface area contributed by atoms with Crippen molar-refractivity contribution < 1.29 is 14.3 Å². The van der Waals surface area contributed by atoms with E-state index in [9.17, 15) is 9.59 Å². The largest absolute Gasteiger partial charge is 0.445 e. The van der Waals surface area contributed by atoms with Gasteiger partial charge in [0, 0.05) is 30.5 Å². The van der Waals surface area contributed by atoms with E-state index in [2.05, 4.69) is 59.5 Å². The van der Waals surface area contributed by atoms with Crippen molar-refractivity contribution in [2.75, 3.05) is 19.6 Å². The second-order valence-electron chi connectivity index (χ2n) is 10.3. The molecule has 1 aliphatic rings. The summed E-state index contributed by atoms with van der Waals surface area (Å²) in [5.74, 6) is 0.486. The highest BCUT2D eigenvalue weighted by Gasteiger charge is 2.34. The van der Waals surface area contributed by atoms with Crippen LogP contribution in [-0.4, -0.2) is 48.8 Å². The average Bonchev–Trinajstić information content (AvgIpc) is 2.99. The van der Waals surface area contributed by atoms with E-state index in [0.717, 1.165) is 50.9 Å². The number of nitrogens with zero attached hydrogens (tertiary/aromatic N) is 1. The molecule has 0 bridgehead atoms. The van der Waals surface area contributed by atoms with Gasteiger partial charge in [-0.05, 0) is 97.4 Å². The zero-order valence-corrected chi connectivity index (χ0v) is 26.7. The number of carbonyl (C=O) groups excluding carboxylic acids is 2. The number of nitrogens with one attached hydrogen (secondary N) is 3. The number of carbonyl (C=O) groups is 2. The average molecular weight is 579 g/mol. The van der Waals surface area contributed by atoms with E-state index in [4.69, 9.17) is 4.74 Å². The summed E-state index contributed by atoms with van der Waals surface area (Å²) in [6.45, 7) is 18.0. The third-order valence-electron chi connectivity index (χ3n) is 7.16. The quantitative estimate of drug-likeness (QED) is 0.129. The molecule has 0 radical (unpaired) electrons. The summed E-state index contributed by atoms with van der Waals surface area (Å²) in [6, 6.07) is -0.136. The first-order valence-electron chi connectivity index (χ1n) is 15.3. The lowest BCUT2D eigenvalue weighted by Gasteiger charge is -2.42. The Morgan fingerprint density at radius 3 is 2.43 bits per heavy atom. The zero-order valence-electron chi connectivity index (χ0n) is 26.7. The summed E-state index contributed by atoms with van der Waals surface area (Å²) in [5, 5.41) is 8.64. The molecule has 0 saturated carbocycles. The van der Waals surface area contributed by atoms with Gasteiger partial charge < -0.3 is 15.4 Å². The van der Waals surface area contributed by atoms with Crippen LogP contribution in [0.25, 0.3) is 0 Å². The Morgan fingerprint density at radius 2 is 1.79 bits per heavy atom. The maximum absolute atomic E-state index is 12.7. The first kappa shape index (κ1) is 36.4. The predicted octanol–water partition coefficient (Wildman–Crippen LogP) is 7.86. The third-order valence-corrected chi connectivity index (χ3v) is 7.16. The van der Waals surface area contributed by atoms with Crippen LogP contribution in [0, 0.1) is 5.92 Å². The molecule has 0 aromatic carbocycles. The Kier molecular flexibility index (Phi) is 19.2. The fraction of sp³-hybridized carbons (Fsp3) is 0.486. The van der Waals surface area contributed by atoms with E-state index in [-0.39, 0.29) is 18.2 Å². The number of alkyl carbamates (subject to hydrolysis) is 1. The van der Waals surface area contributed by atoms with Crippen LogP contribution in [0.2, 0.25) is 0 Å². The van der Waals surface area contributed by atoms with Gasteiger partial charge in [0.1, 0.15) is 6.10 Å². The first-order chi connectivity index (χ1) is 20.3. The van der Waals surface area contributed by atoms with Crippen molar-refractivity contribution in [3.63, 3.8) is 0 Å². The smallest absolute Gasteiger partial charge is 0.411 e. The highest BCUT2D eigenvalue weighted by Crippen LogP contribution is 2.31. The van der Waals surface area contributed by atoms with Crippen LogP contribution in [0.1, 0.15) is 73.6 Å². The number of rotatable bonds is 16. The van der Waals surface area contributed by atoms with Crippen LogP contribution in [0.3, 0.4) is 0 Å². The molecule has 1 aliphatic heterocycles. The van der Waals surface area contributed by atoms with Crippen LogP contribution >= 0.6 is 0 Å². The third kappa shape index (κ3) is 14.9. The van der Waals surface area contributed by atoms with E-state index >= 15 is 0 Å². The van der Waals surface area contributed by atoms with Gasteiger partial charge in [-0.1, -0.05) is 73.8 Å². The zero-order chi connectivity index (χ0) is 31.2. The number of hydrogen-bond acceptors (Lipinski definition) is 4. The monoisotopic (exact) mass is 578 g/mol. The fourth-order valence-electron chi connectivity index (χ4n) is 4.85. The molecular formula is C35H54N4O3. The first-order valence-corrected chi connectivity index (χ1v) is 15.3. The molecule has 0 aromatic rings. The number of piperidine rings is 1. The Morgan fingerprint density at radius 1 is 1.02 bits per heavy atom. The molecule has 232 valence electrons. The minimum absolute atomic E-state index is 0.0708. The van der Waals surface area contributed by atoms with Gasteiger partial charge in [0.25, 0.3) is 0 Å². The molecule has 1 saturated heterocycles. The summed E-state index contributed by atoms with van der Waals surface area (Å²) in [7, 11) is 0. The van der Waals surface area contributed by atoms with Crippen molar-refractivity contribution in [3.8, 4) is 0 Å². The number of urea groups is 1. The van der Waals surface area contributed by atoms with Gasteiger partial charge in [-0.3, -0.25) is 10.2 Å². The molecule has 0 aliphatic carbocycles.